The third-order valence-electron chi connectivity index (χ3n) is 4.02. The van der Waals surface area contributed by atoms with Crippen LogP contribution in [0.4, 0.5) is 4.79 Å². The van der Waals surface area contributed by atoms with E-state index in [0.717, 1.165) is 18.6 Å². The molecular weight excluding hydrogens is 324 g/mol. The Balaban J connectivity index is 2.27. The minimum atomic E-state index is -0.229. The molecule has 0 heterocycles. The van der Waals surface area contributed by atoms with Crippen molar-refractivity contribution in [2.45, 2.75) is 79.2 Å². The summed E-state index contributed by atoms with van der Waals surface area (Å²) < 4.78 is 5.75. The lowest BCUT2D eigenvalue weighted by molar-refractivity contribution is 0.209. The second-order valence-electron chi connectivity index (χ2n) is 9.98. The van der Waals surface area contributed by atoms with Gasteiger partial charge in [0.2, 0.25) is 0 Å². The summed E-state index contributed by atoms with van der Waals surface area (Å²) in [5, 5.41) is 5.96. The SMILES string of the molecule is CC(C)(C)CC(C)(C)NC(=O)NCCCOc1ccc(C(C)(C)C)cc1. The molecule has 0 aliphatic carbocycles. The molecule has 0 atom stereocenters. The monoisotopic (exact) mass is 362 g/mol. The normalized spacial score (nSPS) is 12.6. The summed E-state index contributed by atoms with van der Waals surface area (Å²) in [7, 11) is 0. The molecule has 26 heavy (non-hydrogen) atoms. The molecule has 0 saturated heterocycles. The maximum Gasteiger partial charge on any atom is 0.315 e. The van der Waals surface area contributed by atoms with Crippen LogP contribution in [0.15, 0.2) is 24.3 Å². The molecule has 0 aliphatic heterocycles. The quantitative estimate of drug-likeness (QED) is 0.649. The summed E-state index contributed by atoms with van der Waals surface area (Å²) in [6.07, 6.45) is 1.69. The number of amides is 2. The molecule has 148 valence electrons. The van der Waals surface area contributed by atoms with Gasteiger partial charge in [-0.25, -0.2) is 4.79 Å². The van der Waals surface area contributed by atoms with Gasteiger partial charge in [0.05, 0.1) is 6.61 Å². The Hall–Kier alpha value is -1.71. The second-order valence-corrected chi connectivity index (χ2v) is 9.98. The molecule has 1 aromatic rings. The average molecular weight is 363 g/mol. The minimum absolute atomic E-state index is 0.117. The maximum atomic E-state index is 12.0. The van der Waals surface area contributed by atoms with Crippen LogP contribution in [0.1, 0.15) is 73.8 Å². The molecule has 0 fully saturated rings. The smallest absolute Gasteiger partial charge is 0.315 e. The van der Waals surface area contributed by atoms with Gasteiger partial charge in [0, 0.05) is 12.1 Å². The van der Waals surface area contributed by atoms with Crippen LogP contribution in [0, 0.1) is 5.41 Å². The highest BCUT2D eigenvalue weighted by atomic mass is 16.5. The van der Waals surface area contributed by atoms with Gasteiger partial charge in [0.1, 0.15) is 5.75 Å². The number of hydrogen-bond acceptors (Lipinski definition) is 2. The molecule has 2 amide bonds. The summed E-state index contributed by atoms with van der Waals surface area (Å²) in [6.45, 7) is 18.4. The van der Waals surface area contributed by atoms with Crippen molar-refractivity contribution in [1.29, 1.82) is 0 Å². The van der Waals surface area contributed by atoms with Crippen LogP contribution >= 0.6 is 0 Å². The largest absolute Gasteiger partial charge is 0.494 e. The van der Waals surface area contributed by atoms with Crippen molar-refractivity contribution < 1.29 is 9.53 Å². The zero-order chi connectivity index (χ0) is 20.0. The van der Waals surface area contributed by atoms with Crippen molar-refractivity contribution in [3.05, 3.63) is 29.8 Å². The van der Waals surface area contributed by atoms with Crippen molar-refractivity contribution >= 4 is 6.03 Å². The zero-order valence-corrected chi connectivity index (χ0v) is 18.0. The van der Waals surface area contributed by atoms with Crippen molar-refractivity contribution in [3.63, 3.8) is 0 Å². The van der Waals surface area contributed by atoms with Crippen LogP contribution in [0.5, 0.6) is 5.75 Å². The molecule has 0 spiro atoms. The van der Waals surface area contributed by atoms with Crippen LogP contribution in [0.2, 0.25) is 0 Å². The van der Waals surface area contributed by atoms with Gasteiger partial charge >= 0.3 is 6.03 Å². The van der Waals surface area contributed by atoms with Crippen molar-refractivity contribution in [2.24, 2.45) is 5.41 Å². The Morgan fingerprint density at radius 1 is 0.962 bits per heavy atom. The number of ether oxygens (including phenoxy) is 1. The first-order chi connectivity index (χ1) is 11.8. The van der Waals surface area contributed by atoms with Gasteiger partial charge < -0.3 is 15.4 Å². The lowest BCUT2D eigenvalue weighted by atomic mass is 9.82. The fraction of sp³-hybridized carbons (Fsp3) is 0.682. The van der Waals surface area contributed by atoms with Crippen molar-refractivity contribution in [3.8, 4) is 5.75 Å². The molecule has 0 bridgehead atoms. The summed E-state index contributed by atoms with van der Waals surface area (Å²) >= 11 is 0. The van der Waals surface area contributed by atoms with E-state index in [4.69, 9.17) is 4.74 Å². The fourth-order valence-corrected chi connectivity index (χ4v) is 3.24. The van der Waals surface area contributed by atoms with Gasteiger partial charge in [0.25, 0.3) is 0 Å². The molecule has 0 aromatic heterocycles. The Morgan fingerprint density at radius 2 is 1.54 bits per heavy atom. The first kappa shape index (κ1) is 22.3. The molecule has 2 N–H and O–H groups in total. The van der Waals surface area contributed by atoms with E-state index in [9.17, 15) is 4.79 Å². The first-order valence-electron chi connectivity index (χ1n) is 9.58. The molecule has 0 aliphatic rings. The molecule has 4 heteroatoms. The van der Waals surface area contributed by atoms with Gasteiger partial charge in [-0.05, 0) is 55.2 Å². The molecule has 0 radical (unpaired) electrons. The Bertz CT molecular complexity index is 563. The van der Waals surface area contributed by atoms with Crippen LogP contribution in [-0.4, -0.2) is 24.7 Å². The predicted octanol–water partition coefficient (Wildman–Crippen LogP) is 5.27. The molecule has 4 nitrogen and oxygen atoms in total. The highest BCUT2D eigenvalue weighted by Crippen LogP contribution is 2.26. The lowest BCUT2D eigenvalue weighted by Crippen LogP contribution is -2.50. The van der Waals surface area contributed by atoms with Gasteiger partial charge in [-0.3, -0.25) is 0 Å². The third kappa shape index (κ3) is 9.12. The number of rotatable bonds is 7. The van der Waals surface area contributed by atoms with Crippen molar-refractivity contribution in [2.75, 3.05) is 13.2 Å². The predicted molar refractivity (Wildman–Crippen MR) is 110 cm³/mol. The standard InChI is InChI=1S/C22H38N2O2/c1-20(2,3)16-22(7,8)24-19(25)23-14-9-15-26-18-12-10-17(11-13-18)21(4,5)6/h10-13H,9,14-16H2,1-8H3,(H2,23,24,25). The van der Waals surface area contributed by atoms with E-state index in [1.165, 1.54) is 5.56 Å². The topological polar surface area (TPSA) is 50.4 Å². The van der Waals surface area contributed by atoms with Crippen LogP contribution < -0.4 is 15.4 Å². The van der Waals surface area contributed by atoms with Crippen molar-refractivity contribution in [1.82, 2.24) is 10.6 Å². The number of benzene rings is 1. The molecule has 1 aromatic carbocycles. The average Bonchev–Trinajstić information content (AvgIpc) is 2.43. The summed E-state index contributed by atoms with van der Waals surface area (Å²) in [5.41, 5.74) is 1.39. The number of urea groups is 1. The van der Waals surface area contributed by atoms with Gasteiger partial charge in [-0.15, -0.1) is 0 Å². The molecule has 0 unspecified atom stereocenters. The summed E-state index contributed by atoms with van der Waals surface area (Å²) in [4.78, 5) is 12.0. The van der Waals surface area contributed by atoms with E-state index in [0.29, 0.717) is 13.2 Å². The molecule has 0 saturated carbocycles. The maximum absolute atomic E-state index is 12.0. The highest BCUT2D eigenvalue weighted by Gasteiger charge is 2.26. The van der Waals surface area contributed by atoms with E-state index in [2.05, 4.69) is 78.2 Å². The molecule has 1 rings (SSSR count). The summed E-state index contributed by atoms with van der Waals surface area (Å²) in [5.74, 6) is 0.869. The van der Waals surface area contributed by atoms with Crippen LogP contribution in [-0.2, 0) is 5.41 Å². The van der Waals surface area contributed by atoms with Crippen LogP contribution in [0.25, 0.3) is 0 Å². The van der Waals surface area contributed by atoms with Gasteiger partial charge in [-0.1, -0.05) is 53.7 Å². The van der Waals surface area contributed by atoms with E-state index >= 15 is 0 Å². The first-order valence-corrected chi connectivity index (χ1v) is 9.58. The summed E-state index contributed by atoms with van der Waals surface area (Å²) in [6, 6.07) is 8.12. The fourth-order valence-electron chi connectivity index (χ4n) is 3.24. The lowest BCUT2D eigenvalue weighted by Gasteiger charge is -2.33. The van der Waals surface area contributed by atoms with Crippen LogP contribution in [0.3, 0.4) is 0 Å². The number of hydrogen-bond donors (Lipinski definition) is 2. The molecular formula is C22H38N2O2. The van der Waals surface area contributed by atoms with E-state index < -0.39 is 0 Å². The number of carbonyl (C=O) groups excluding carboxylic acids is 1. The second kappa shape index (κ2) is 8.79. The Kier molecular flexibility index (Phi) is 7.55. The Labute approximate surface area is 160 Å². The van der Waals surface area contributed by atoms with Gasteiger partial charge in [0.15, 0.2) is 0 Å². The number of carbonyl (C=O) groups is 1. The third-order valence-corrected chi connectivity index (χ3v) is 4.02. The zero-order valence-electron chi connectivity index (χ0n) is 18.0. The van der Waals surface area contributed by atoms with E-state index in [1.54, 1.807) is 0 Å². The van der Waals surface area contributed by atoms with E-state index in [1.807, 2.05) is 12.1 Å². The van der Waals surface area contributed by atoms with Gasteiger partial charge in [-0.2, -0.15) is 0 Å². The number of nitrogens with one attached hydrogen (secondary N) is 2. The Morgan fingerprint density at radius 3 is 2.04 bits per heavy atom. The minimum Gasteiger partial charge on any atom is -0.494 e. The highest BCUT2D eigenvalue weighted by molar-refractivity contribution is 5.74. The van der Waals surface area contributed by atoms with E-state index in [-0.39, 0.29) is 22.4 Å².